The van der Waals surface area contributed by atoms with Crippen molar-refractivity contribution in [3.05, 3.63) is 43.0 Å². The topological polar surface area (TPSA) is 178 Å². The fourth-order valence-corrected chi connectivity index (χ4v) is 7.74. The van der Waals surface area contributed by atoms with Gasteiger partial charge in [0.25, 0.3) is 5.56 Å². The van der Waals surface area contributed by atoms with Crippen LogP contribution in [0.15, 0.2) is 20.9 Å². The van der Waals surface area contributed by atoms with Gasteiger partial charge in [-0.1, -0.05) is 122 Å². The number of ether oxygens (including phenoxy) is 2. The summed E-state index contributed by atoms with van der Waals surface area (Å²) < 4.78 is 36.8. The molecule has 50 heavy (non-hydrogen) atoms. The number of unbranched alkanes of at least 4 members (excludes halogenated alkanes) is 16. The predicted molar refractivity (Wildman–Crippen MR) is 201 cm³/mol. The van der Waals surface area contributed by atoms with Gasteiger partial charge in [0.05, 0.1) is 31.5 Å². The summed E-state index contributed by atoms with van der Waals surface area (Å²) in [5.41, 5.74) is 8.19. The molecule has 13 nitrogen and oxygen atoms in total. The Hall–Kier alpha value is -1.63. The molecule has 1 aromatic rings. The van der Waals surface area contributed by atoms with E-state index < -0.39 is 44.1 Å². The Bertz CT molecular complexity index is 1260. The average molecular weight is 746 g/mol. The van der Waals surface area contributed by atoms with Gasteiger partial charge >= 0.3 is 13.5 Å². The molecule has 2 unspecified atom stereocenters. The van der Waals surface area contributed by atoms with E-state index in [-0.39, 0.29) is 19.1 Å². The number of azide groups is 1. The minimum absolute atomic E-state index is 0.101. The third-order valence-corrected chi connectivity index (χ3v) is 11.1. The first-order valence-electron chi connectivity index (χ1n) is 19.0. The maximum Gasteiger partial charge on any atom is 0.472 e. The Kier molecular flexibility index (Phi) is 24.1. The second kappa shape index (κ2) is 27.0. The first kappa shape index (κ1) is 44.5. The first-order valence-corrected chi connectivity index (χ1v) is 21.7. The summed E-state index contributed by atoms with van der Waals surface area (Å²) in [7, 11) is -4.51. The monoisotopic (exact) mass is 745 g/mol. The number of nitrogens with zero attached hydrogens (tertiary/aromatic N) is 4. The normalized spacial score (nSPS) is 19.3. The first-order chi connectivity index (χ1) is 24.2. The minimum atomic E-state index is -4.51. The summed E-state index contributed by atoms with van der Waals surface area (Å²) in [6, 6.07) is -0.769. The van der Waals surface area contributed by atoms with Gasteiger partial charge < -0.3 is 14.4 Å². The van der Waals surface area contributed by atoms with Crippen molar-refractivity contribution < 1.29 is 28.0 Å². The van der Waals surface area contributed by atoms with Crippen molar-refractivity contribution in [2.75, 3.05) is 31.3 Å². The second-order valence-electron chi connectivity index (χ2n) is 13.4. The molecule has 0 amide bonds. The molecule has 0 aromatic carbocycles. The molecule has 15 heteroatoms. The molecule has 2 heterocycles. The molecule has 1 saturated heterocycles. The van der Waals surface area contributed by atoms with E-state index in [4.69, 9.17) is 24.1 Å². The van der Waals surface area contributed by atoms with Gasteiger partial charge in [0.15, 0.2) is 0 Å². The highest BCUT2D eigenvalue weighted by molar-refractivity contribution is 7.99. The smallest absolute Gasteiger partial charge is 0.375 e. The molecule has 288 valence electrons. The summed E-state index contributed by atoms with van der Waals surface area (Å²) in [6.07, 6.45) is 21.8. The second-order valence-corrected chi connectivity index (χ2v) is 16.0. The van der Waals surface area contributed by atoms with Crippen LogP contribution in [0.5, 0.6) is 0 Å². The summed E-state index contributed by atoms with van der Waals surface area (Å²) in [5, 5.41) is 3.74. The number of aromatic amines is 1. The van der Waals surface area contributed by atoms with Crippen LogP contribution in [0.1, 0.15) is 148 Å². The van der Waals surface area contributed by atoms with Crippen LogP contribution in [-0.4, -0.2) is 64.0 Å². The number of phosphoric acid groups is 1. The van der Waals surface area contributed by atoms with Crippen molar-refractivity contribution in [2.45, 2.75) is 167 Å². The standard InChI is InChI=1S/C35H64N5O8PS/c1-4-6-8-10-12-14-15-17-19-21-23-50-28-30(45-22-20-18-16-13-11-9-7-5-2)26-46-49(43,44)47-27-32-31(38-39-36)24-33(48-32)40-25-29(3)34(41)37-35(40)42/h25,30-33H,4-24,26-28H2,1-3H3,(H,43,44)(H,37,41,42)/t30?,31-,32+,33+/m0/s1. The zero-order chi connectivity index (χ0) is 36.5. The predicted octanol–water partition coefficient (Wildman–Crippen LogP) is 9.13. The highest BCUT2D eigenvalue weighted by Crippen LogP contribution is 2.45. The molecular formula is C35H64N5O8PS. The van der Waals surface area contributed by atoms with Gasteiger partial charge in [-0.05, 0) is 31.0 Å². The zero-order valence-corrected chi connectivity index (χ0v) is 32.5. The van der Waals surface area contributed by atoms with Gasteiger partial charge in [-0.25, -0.2) is 9.36 Å². The number of hydrogen-bond donors (Lipinski definition) is 2. The van der Waals surface area contributed by atoms with Crippen molar-refractivity contribution in [1.82, 2.24) is 9.55 Å². The van der Waals surface area contributed by atoms with Crippen LogP contribution in [-0.2, 0) is 23.1 Å². The van der Waals surface area contributed by atoms with E-state index >= 15 is 0 Å². The Morgan fingerprint density at radius 2 is 1.56 bits per heavy atom. The number of aryl methyl sites for hydroxylation is 1. The number of aromatic nitrogens is 2. The molecule has 0 radical (unpaired) electrons. The molecule has 2 N–H and O–H groups in total. The van der Waals surface area contributed by atoms with Crippen LogP contribution in [0.3, 0.4) is 0 Å². The minimum Gasteiger partial charge on any atom is -0.375 e. The van der Waals surface area contributed by atoms with Crippen molar-refractivity contribution in [3.8, 4) is 0 Å². The number of H-pyrrole nitrogens is 1. The van der Waals surface area contributed by atoms with Crippen LogP contribution in [0.4, 0.5) is 0 Å². The van der Waals surface area contributed by atoms with Gasteiger partial charge in [0.2, 0.25) is 0 Å². The maximum absolute atomic E-state index is 12.9. The van der Waals surface area contributed by atoms with Crippen LogP contribution in [0, 0.1) is 6.92 Å². The van der Waals surface area contributed by atoms with E-state index in [0.717, 1.165) is 25.0 Å². The number of hydrogen-bond acceptors (Lipinski definition) is 9. The largest absolute Gasteiger partial charge is 0.472 e. The van der Waals surface area contributed by atoms with E-state index in [2.05, 4.69) is 28.9 Å². The quantitative estimate of drug-likeness (QED) is 0.0247. The van der Waals surface area contributed by atoms with E-state index in [1.807, 2.05) is 0 Å². The molecule has 1 fully saturated rings. The van der Waals surface area contributed by atoms with Gasteiger partial charge in [0, 0.05) is 35.5 Å². The Balaban J connectivity index is 1.81. The Morgan fingerprint density at radius 3 is 2.16 bits per heavy atom. The van der Waals surface area contributed by atoms with E-state index in [0.29, 0.717) is 17.9 Å². The lowest BCUT2D eigenvalue weighted by Gasteiger charge is -2.21. The van der Waals surface area contributed by atoms with Gasteiger partial charge in [-0.3, -0.25) is 23.4 Å². The number of phosphoric ester groups is 1. The lowest BCUT2D eigenvalue weighted by Crippen LogP contribution is -2.33. The van der Waals surface area contributed by atoms with Crippen LogP contribution in [0.25, 0.3) is 10.4 Å². The molecule has 2 rings (SSSR count). The van der Waals surface area contributed by atoms with Gasteiger partial charge in [-0.15, -0.1) is 0 Å². The fourth-order valence-electron chi connectivity index (χ4n) is 5.94. The molecule has 1 aliphatic heterocycles. The van der Waals surface area contributed by atoms with E-state index in [1.54, 1.807) is 18.7 Å². The molecule has 5 atom stereocenters. The molecule has 0 bridgehead atoms. The van der Waals surface area contributed by atoms with Crippen LogP contribution >= 0.6 is 19.6 Å². The van der Waals surface area contributed by atoms with Gasteiger partial charge in [-0.2, -0.15) is 11.8 Å². The molecule has 0 aliphatic carbocycles. The highest BCUT2D eigenvalue weighted by Gasteiger charge is 2.38. The lowest BCUT2D eigenvalue weighted by molar-refractivity contribution is -0.0315. The van der Waals surface area contributed by atoms with E-state index in [9.17, 15) is 19.0 Å². The molecule has 0 saturated carbocycles. The molecule has 1 aromatic heterocycles. The summed E-state index contributed by atoms with van der Waals surface area (Å²) >= 11 is 1.78. The fraction of sp³-hybridized carbons (Fsp3) is 0.886. The zero-order valence-electron chi connectivity index (χ0n) is 30.8. The number of rotatable bonds is 31. The summed E-state index contributed by atoms with van der Waals surface area (Å²) in [5.74, 6) is 1.65. The maximum atomic E-state index is 12.9. The molecule has 1 aliphatic rings. The Labute approximate surface area is 303 Å². The third kappa shape index (κ3) is 19.3. The SMILES string of the molecule is CCCCCCCCCCCCSCC(COP(=O)(O)OC[C@H]1O[C@@H](n2cc(C)c(=O)[nH]c2=O)C[C@@H]1N=[N+]=[N-])OCCCCCCCCCC. The molecular weight excluding hydrogens is 681 g/mol. The van der Waals surface area contributed by atoms with Gasteiger partial charge in [0.1, 0.15) is 6.23 Å². The van der Waals surface area contributed by atoms with Crippen molar-refractivity contribution in [2.24, 2.45) is 5.11 Å². The summed E-state index contributed by atoms with van der Waals surface area (Å²) in [4.78, 5) is 39.8. The van der Waals surface area contributed by atoms with E-state index in [1.165, 1.54) is 107 Å². The Morgan fingerprint density at radius 1 is 0.980 bits per heavy atom. The number of nitrogens with one attached hydrogen (secondary N) is 1. The molecule has 0 spiro atoms. The van der Waals surface area contributed by atoms with Crippen LogP contribution in [0.2, 0.25) is 0 Å². The summed E-state index contributed by atoms with van der Waals surface area (Å²) in [6.45, 7) is 6.08. The third-order valence-electron chi connectivity index (χ3n) is 8.98. The highest BCUT2D eigenvalue weighted by atomic mass is 32.2. The average Bonchev–Trinajstić information content (AvgIpc) is 3.49. The van der Waals surface area contributed by atoms with Crippen molar-refractivity contribution in [1.29, 1.82) is 0 Å². The van der Waals surface area contributed by atoms with Crippen molar-refractivity contribution in [3.63, 3.8) is 0 Å². The van der Waals surface area contributed by atoms with Crippen LogP contribution < -0.4 is 11.2 Å². The van der Waals surface area contributed by atoms with Crippen molar-refractivity contribution >= 4 is 19.6 Å². The number of thioether (sulfide) groups is 1. The lowest BCUT2D eigenvalue weighted by atomic mass is 10.1.